The summed E-state index contributed by atoms with van der Waals surface area (Å²) in [5, 5.41) is 4.70. The van der Waals surface area contributed by atoms with Gasteiger partial charge in [0.1, 0.15) is 0 Å². The minimum Gasteiger partial charge on any atom is -0.490 e. The molecule has 1 N–H and O–H groups in total. The molecule has 126 valence electrons. The number of nitrogens with one attached hydrogen (secondary N) is 1. The molecule has 0 bridgehead atoms. The van der Waals surface area contributed by atoms with E-state index < -0.39 is 0 Å². The number of fused-ring (bicyclic) bond motifs is 2. The first-order valence-electron chi connectivity index (χ1n) is 7.98. The van der Waals surface area contributed by atoms with E-state index in [0.29, 0.717) is 23.6 Å². The first-order chi connectivity index (χ1) is 12.1. The molecular weight excluding hydrogens is 336 g/mol. The van der Waals surface area contributed by atoms with Gasteiger partial charge in [0.25, 0.3) is 5.91 Å². The SMILES string of the molecule is CCOc1cccc2cc(C(=O)Nc3ccc4sc(C)nc4c3)oc12. The molecule has 0 saturated heterocycles. The molecule has 0 atom stereocenters. The maximum atomic E-state index is 12.5. The lowest BCUT2D eigenvalue weighted by molar-refractivity contribution is 0.0998. The van der Waals surface area contributed by atoms with Gasteiger partial charge in [-0.2, -0.15) is 0 Å². The van der Waals surface area contributed by atoms with Crippen molar-refractivity contribution >= 4 is 44.1 Å². The van der Waals surface area contributed by atoms with Crippen molar-refractivity contribution in [1.29, 1.82) is 0 Å². The lowest BCUT2D eigenvalue weighted by Crippen LogP contribution is -2.10. The number of aryl methyl sites for hydroxylation is 1. The van der Waals surface area contributed by atoms with E-state index in [-0.39, 0.29) is 11.7 Å². The van der Waals surface area contributed by atoms with Crippen LogP contribution in [0.3, 0.4) is 0 Å². The number of para-hydroxylation sites is 1. The number of thiazole rings is 1. The number of amides is 1. The Hall–Kier alpha value is -2.86. The van der Waals surface area contributed by atoms with Crippen molar-refractivity contribution in [3.05, 3.63) is 53.2 Å². The van der Waals surface area contributed by atoms with Crippen molar-refractivity contribution in [3.63, 3.8) is 0 Å². The third kappa shape index (κ3) is 2.96. The van der Waals surface area contributed by atoms with E-state index in [4.69, 9.17) is 9.15 Å². The van der Waals surface area contributed by atoms with Gasteiger partial charge in [0.05, 0.1) is 21.8 Å². The van der Waals surface area contributed by atoms with Gasteiger partial charge in [-0.25, -0.2) is 4.98 Å². The van der Waals surface area contributed by atoms with E-state index in [2.05, 4.69) is 10.3 Å². The Morgan fingerprint density at radius 3 is 3.00 bits per heavy atom. The topological polar surface area (TPSA) is 64.4 Å². The van der Waals surface area contributed by atoms with Crippen molar-refractivity contribution in [2.45, 2.75) is 13.8 Å². The lowest BCUT2D eigenvalue weighted by Gasteiger charge is -2.03. The number of furan rings is 1. The number of carbonyl (C=O) groups excluding carboxylic acids is 1. The summed E-state index contributed by atoms with van der Waals surface area (Å²) in [7, 11) is 0. The molecule has 0 aliphatic rings. The first-order valence-corrected chi connectivity index (χ1v) is 8.79. The van der Waals surface area contributed by atoms with E-state index in [1.807, 2.05) is 50.2 Å². The molecule has 6 heteroatoms. The van der Waals surface area contributed by atoms with Crippen LogP contribution in [-0.4, -0.2) is 17.5 Å². The smallest absolute Gasteiger partial charge is 0.291 e. The largest absolute Gasteiger partial charge is 0.490 e. The summed E-state index contributed by atoms with van der Waals surface area (Å²) in [5.74, 6) is 0.583. The Labute approximate surface area is 148 Å². The van der Waals surface area contributed by atoms with Gasteiger partial charge in [-0.15, -0.1) is 11.3 Å². The first kappa shape index (κ1) is 15.7. The molecule has 4 rings (SSSR count). The average Bonchev–Trinajstić information content (AvgIpc) is 3.18. The fraction of sp³-hybridized carbons (Fsp3) is 0.158. The van der Waals surface area contributed by atoms with Gasteiger partial charge < -0.3 is 14.5 Å². The standard InChI is InChI=1S/C19H16N2O3S/c1-3-23-15-6-4-5-12-9-16(24-18(12)15)19(22)21-13-7-8-17-14(10-13)20-11(2)25-17/h4-10H,3H2,1-2H3,(H,21,22). The van der Waals surface area contributed by atoms with E-state index in [1.54, 1.807) is 17.4 Å². The number of ether oxygens (including phenoxy) is 1. The molecule has 0 radical (unpaired) electrons. The second kappa shape index (κ2) is 6.22. The Balaban J connectivity index is 1.63. The minimum atomic E-state index is -0.301. The van der Waals surface area contributed by atoms with Gasteiger partial charge >= 0.3 is 0 Å². The van der Waals surface area contributed by atoms with E-state index in [9.17, 15) is 4.79 Å². The van der Waals surface area contributed by atoms with Crippen molar-refractivity contribution < 1.29 is 13.9 Å². The van der Waals surface area contributed by atoms with Crippen LogP contribution in [0, 0.1) is 6.92 Å². The number of benzene rings is 2. The maximum absolute atomic E-state index is 12.5. The highest BCUT2D eigenvalue weighted by atomic mass is 32.1. The summed E-state index contributed by atoms with van der Waals surface area (Å²) in [6.07, 6.45) is 0. The molecule has 1 amide bonds. The number of carbonyl (C=O) groups is 1. The molecule has 0 unspecified atom stereocenters. The van der Waals surface area contributed by atoms with Crippen LogP contribution in [-0.2, 0) is 0 Å². The van der Waals surface area contributed by atoms with Crippen LogP contribution < -0.4 is 10.1 Å². The zero-order chi connectivity index (χ0) is 17.4. The number of nitrogens with zero attached hydrogens (tertiary/aromatic N) is 1. The van der Waals surface area contributed by atoms with Gasteiger partial charge in [0, 0.05) is 11.1 Å². The zero-order valence-corrected chi connectivity index (χ0v) is 14.6. The van der Waals surface area contributed by atoms with Gasteiger partial charge in [0.15, 0.2) is 17.1 Å². The molecule has 0 aliphatic carbocycles. The molecule has 0 saturated carbocycles. The third-order valence-electron chi connectivity index (χ3n) is 3.78. The Morgan fingerprint density at radius 1 is 1.28 bits per heavy atom. The number of rotatable bonds is 4. The van der Waals surface area contributed by atoms with Gasteiger partial charge in [-0.05, 0) is 44.2 Å². The highest BCUT2D eigenvalue weighted by molar-refractivity contribution is 7.18. The lowest BCUT2D eigenvalue weighted by atomic mass is 10.2. The van der Waals surface area contributed by atoms with Gasteiger partial charge in [-0.3, -0.25) is 4.79 Å². The summed E-state index contributed by atoms with van der Waals surface area (Å²) in [6, 6.07) is 13.0. The molecule has 2 aromatic heterocycles. The second-order valence-corrected chi connectivity index (χ2v) is 6.82. The van der Waals surface area contributed by atoms with Crippen LogP contribution in [0.25, 0.3) is 21.2 Å². The zero-order valence-electron chi connectivity index (χ0n) is 13.8. The average molecular weight is 352 g/mol. The quantitative estimate of drug-likeness (QED) is 0.561. The summed E-state index contributed by atoms with van der Waals surface area (Å²) in [5.41, 5.74) is 2.15. The third-order valence-corrected chi connectivity index (χ3v) is 4.74. The molecule has 5 nitrogen and oxygen atoms in total. The molecule has 0 spiro atoms. The van der Waals surface area contributed by atoms with Crippen LogP contribution in [0.1, 0.15) is 22.5 Å². The summed E-state index contributed by atoms with van der Waals surface area (Å²) in [6.45, 7) is 4.41. The highest BCUT2D eigenvalue weighted by Crippen LogP contribution is 2.29. The fourth-order valence-electron chi connectivity index (χ4n) is 2.73. The van der Waals surface area contributed by atoms with Crippen LogP contribution in [0.2, 0.25) is 0 Å². The van der Waals surface area contributed by atoms with Gasteiger partial charge in [-0.1, -0.05) is 12.1 Å². The fourth-order valence-corrected chi connectivity index (χ4v) is 3.54. The normalized spacial score (nSPS) is 11.1. The number of hydrogen-bond acceptors (Lipinski definition) is 5. The molecule has 2 aromatic carbocycles. The number of aromatic nitrogens is 1. The molecule has 0 aliphatic heterocycles. The van der Waals surface area contributed by atoms with Crippen LogP contribution in [0.5, 0.6) is 5.75 Å². The second-order valence-electron chi connectivity index (χ2n) is 5.59. The minimum absolute atomic E-state index is 0.247. The van der Waals surface area contributed by atoms with Crippen molar-refractivity contribution in [2.75, 3.05) is 11.9 Å². The monoisotopic (exact) mass is 352 g/mol. The Bertz CT molecular complexity index is 1080. The van der Waals surface area contributed by atoms with Crippen LogP contribution >= 0.6 is 11.3 Å². The van der Waals surface area contributed by atoms with Crippen LogP contribution in [0.4, 0.5) is 5.69 Å². The predicted molar refractivity (Wildman–Crippen MR) is 99.7 cm³/mol. The van der Waals surface area contributed by atoms with E-state index >= 15 is 0 Å². The Kier molecular flexibility index (Phi) is 3.89. The van der Waals surface area contributed by atoms with Gasteiger partial charge in [0.2, 0.25) is 0 Å². The van der Waals surface area contributed by atoms with Crippen LogP contribution in [0.15, 0.2) is 46.9 Å². The molecule has 25 heavy (non-hydrogen) atoms. The Morgan fingerprint density at radius 2 is 2.16 bits per heavy atom. The van der Waals surface area contributed by atoms with E-state index in [1.165, 1.54) is 0 Å². The summed E-state index contributed by atoms with van der Waals surface area (Å²) in [4.78, 5) is 17.0. The molecular formula is C19H16N2O3S. The maximum Gasteiger partial charge on any atom is 0.291 e. The molecule has 4 aromatic rings. The van der Waals surface area contributed by atoms with Crippen molar-refractivity contribution in [2.24, 2.45) is 0 Å². The summed E-state index contributed by atoms with van der Waals surface area (Å²) >= 11 is 1.63. The summed E-state index contributed by atoms with van der Waals surface area (Å²) < 4.78 is 12.4. The van der Waals surface area contributed by atoms with Crippen molar-refractivity contribution in [1.82, 2.24) is 4.98 Å². The van der Waals surface area contributed by atoms with E-state index in [0.717, 1.165) is 20.6 Å². The predicted octanol–water partition coefficient (Wildman–Crippen LogP) is 5.00. The van der Waals surface area contributed by atoms with Crippen molar-refractivity contribution in [3.8, 4) is 5.75 Å². The highest BCUT2D eigenvalue weighted by Gasteiger charge is 2.15. The number of anilines is 1. The molecule has 2 heterocycles. The number of hydrogen-bond donors (Lipinski definition) is 1. The molecule has 0 fully saturated rings.